The van der Waals surface area contributed by atoms with Gasteiger partial charge in [0.2, 0.25) is 5.89 Å². The van der Waals surface area contributed by atoms with Crippen molar-refractivity contribution in [2.24, 2.45) is 0 Å². The summed E-state index contributed by atoms with van der Waals surface area (Å²) < 4.78 is 10.8. The monoisotopic (exact) mass is 428 g/mol. The number of hydrogen-bond donors (Lipinski definition) is 2. The van der Waals surface area contributed by atoms with E-state index in [1.54, 1.807) is 0 Å². The normalized spacial score (nSPS) is 18.1. The Morgan fingerprint density at radius 2 is 2.00 bits per heavy atom. The average Bonchev–Trinajstić information content (AvgIpc) is 3.43. The summed E-state index contributed by atoms with van der Waals surface area (Å²) in [6.45, 7) is 7.58. The fourth-order valence-corrected chi connectivity index (χ4v) is 4.26. The molecule has 8 nitrogen and oxygen atoms in total. The number of anilines is 1. The molecule has 0 bridgehead atoms. The minimum absolute atomic E-state index is 0.249. The second kappa shape index (κ2) is 10.4. The summed E-state index contributed by atoms with van der Waals surface area (Å²) in [4.78, 5) is 21.4. The number of carbonyl (C=O) groups is 1. The minimum atomic E-state index is -0.454. The van der Waals surface area contributed by atoms with Crippen molar-refractivity contribution < 1.29 is 19.1 Å². The van der Waals surface area contributed by atoms with Gasteiger partial charge in [0.25, 0.3) is 5.91 Å². The molecule has 1 aromatic heterocycles. The molecule has 2 aromatic rings. The van der Waals surface area contributed by atoms with Crippen LogP contribution in [0, 0.1) is 0 Å². The van der Waals surface area contributed by atoms with Crippen LogP contribution >= 0.6 is 0 Å². The number of aryl methyl sites for hydroxylation is 2. The number of carbonyl (C=O) groups excluding carboxylic acids is 1. The summed E-state index contributed by atoms with van der Waals surface area (Å²) >= 11 is 0. The van der Waals surface area contributed by atoms with Crippen molar-refractivity contribution >= 4 is 11.6 Å². The second-order valence-corrected chi connectivity index (χ2v) is 8.31. The van der Waals surface area contributed by atoms with E-state index >= 15 is 0 Å². The lowest BCUT2D eigenvalue weighted by Crippen LogP contribution is -2.48. The number of aromatic nitrogens is 1. The van der Waals surface area contributed by atoms with Crippen molar-refractivity contribution in [3.05, 3.63) is 47.2 Å². The van der Waals surface area contributed by atoms with E-state index in [1.165, 1.54) is 23.8 Å². The van der Waals surface area contributed by atoms with Gasteiger partial charge in [-0.25, -0.2) is 4.98 Å². The highest BCUT2D eigenvalue weighted by Gasteiger charge is 2.21. The number of β-amino-alcohol motifs (C(OH)–C–C–N with tert-alkyl or cyclic N) is 1. The average molecular weight is 429 g/mol. The van der Waals surface area contributed by atoms with Crippen molar-refractivity contribution in [2.45, 2.75) is 38.8 Å². The highest BCUT2D eigenvalue weighted by atomic mass is 16.5. The second-order valence-electron chi connectivity index (χ2n) is 8.31. The number of aliphatic hydroxyl groups excluding tert-OH is 1. The highest BCUT2D eigenvalue weighted by Crippen LogP contribution is 2.25. The molecule has 168 valence electrons. The molecule has 1 saturated heterocycles. The summed E-state index contributed by atoms with van der Waals surface area (Å²) in [5.41, 5.74) is 3.81. The van der Waals surface area contributed by atoms with Crippen molar-refractivity contribution in [1.29, 1.82) is 0 Å². The van der Waals surface area contributed by atoms with E-state index in [4.69, 9.17) is 9.15 Å². The topological polar surface area (TPSA) is 91.1 Å². The molecule has 4 rings (SSSR count). The van der Waals surface area contributed by atoms with Crippen LogP contribution in [0.15, 0.2) is 28.9 Å². The first-order valence-corrected chi connectivity index (χ1v) is 11.2. The number of rotatable bonds is 9. The molecule has 1 unspecified atom stereocenters. The number of hydrogen-bond acceptors (Lipinski definition) is 7. The van der Waals surface area contributed by atoms with Gasteiger partial charge >= 0.3 is 0 Å². The number of benzene rings is 1. The Labute approximate surface area is 183 Å². The Kier molecular flexibility index (Phi) is 7.34. The molecule has 0 radical (unpaired) electrons. The van der Waals surface area contributed by atoms with Gasteiger partial charge in [0.1, 0.15) is 6.26 Å². The molecule has 1 atom stereocenters. The summed E-state index contributed by atoms with van der Waals surface area (Å²) in [6.07, 6.45) is 4.36. The molecular weight excluding hydrogens is 396 g/mol. The van der Waals surface area contributed by atoms with Crippen molar-refractivity contribution in [3.63, 3.8) is 0 Å². The maximum atomic E-state index is 12.6. The van der Waals surface area contributed by atoms with E-state index in [0.29, 0.717) is 37.9 Å². The lowest BCUT2D eigenvalue weighted by atomic mass is 10.1. The van der Waals surface area contributed by atoms with E-state index in [-0.39, 0.29) is 5.91 Å². The number of amides is 1. The Hall–Kier alpha value is -2.26. The number of aliphatic hydroxyl groups is 1. The molecule has 31 heavy (non-hydrogen) atoms. The quantitative estimate of drug-likeness (QED) is 0.631. The van der Waals surface area contributed by atoms with Crippen molar-refractivity contribution in [3.8, 4) is 0 Å². The Morgan fingerprint density at radius 3 is 2.81 bits per heavy atom. The van der Waals surface area contributed by atoms with Crippen LogP contribution < -0.4 is 5.32 Å². The van der Waals surface area contributed by atoms with Gasteiger partial charge in [-0.3, -0.25) is 14.6 Å². The first-order chi connectivity index (χ1) is 15.1. The molecule has 8 heteroatoms. The van der Waals surface area contributed by atoms with Crippen molar-refractivity contribution in [2.75, 3.05) is 51.3 Å². The number of nitrogens with zero attached hydrogens (tertiary/aromatic N) is 3. The van der Waals surface area contributed by atoms with Gasteiger partial charge in [0.15, 0.2) is 5.69 Å². The third kappa shape index (κ3) is 5.92. The highest BCUT2D eigenvalue weighted by molar-refractivity contribution is 6.02. The zero-order valence-corrected chi connectivity index (χ0v) is 18.2. The number of fused-ring (bicyclic) bond motifs is 1. The van der Waals surface area contributed by atoms with E-state index in [0.717, 1.165) is 44.7 Å². The van der Waals surface area contributed by atoms with Gasteiger partial charge in [-0.2, -0.15) is 0 Å². The molecule has 2 N–H and O–H groups in total. The van der Waals surface area contributed by atoms with Crippen LogP contribution in [0.2, 0.25) is 0 Å². The fourth-order valence-electron chi connectivity index (χ4n) is 4.26. The third-order valence-electron chi connectivity index (χ3n) is 5.95. The van der Waals surface area contributed by atoms with Gasteiger partial charge in [-0.15, -0.1) is 0 Å². The van der Waals surface area contributed by atoms with Crippen LogP contribution in [0.25, 0.3) is 0 Å². The first-order valence-electron chi connectivity index (χ1n) is 11.2. The molecule has 0 saturated carbocycles. The third-order valence-corrected chi connectivity index (χ3v) is 5.95. The Bertz CT molecular complexity index is 876. The molecular formula is C23H32N4O4. The van der Waals surface area contributed by atoms with Gasteiger partial charge in [-0.05, 0) is 49.4 Å². The number of oxazole rings is 1. The van der Waals surface area contributed by atoms with Crippen LogP contribution in [-0.4, -0.2) is 77.8 Å². The number of piperazine rings is 1. The van der Waals surface area contributed by atoms with E-state index in [1.807, 2.05) is 13.0 Å². The van der Waals surface area contributed by atoms with E-state index in [9.17, 15) is 9.90 Å². The predicted molar refractivity (Wildman–Crippen MR) is 117 cm³/mol. The SMILES string of the molecule is CCOCC(O)CN1CCN(Cc2nc(C(=O)Nc3ccc4c(c3)CCC4)co2)CC1. The molecule has 2 aliphatic rings. The van der Waals surface area contributed by atoms with Crippen LogP contribution in [-0.2, 0) is 24.1 Å². The smallest absolute Gasteiger partial charge is 0.277 e. The zero-order chi connectivity index (χ0) is 21.6. The van der Waals surface area contributed by atoms with E-state index < -0.39 is 6.10 Å². The van der Waals surface area contributed by atoms with Gasteiger partial charge in [-0.1, -0.05) is 6.07 Å². The van der Waals surface area contributed by atoms with Gasteiger partial charge in [0, 0.05) is 45.0 Å². The minimum Gasteiger partial charge on any atom is -0.447 e. The van der Waals surface area contributed by atoms with E-state index in [2.05, 4.69) is 32.2 Å². The van der Waals surface area contributed by atoms with Gasteiger partial charge < -0.3 is 19.6 Å². The molecule has 0 spiro atoms. The summed E-state index contributed by atoms with van der Waals surface area (Å²) in [5.74, 6) is 0.296. The fraction of sp³-hybridized carbons (Fsp3) is 0.565. The first kappa shape index (κ1) is 22.0. The summed E-state index contributed by atoms with van der Waals surface area (Å²) in [7, 11) is 0. The molecule has 1 aliphatic heterocycles. The summed E-state index contributed by atoms with van der Waals surface area (Å²) in [5, 5.41) is 12.9. The lowest BCUT2D eigenvalue weighted by molar-refractivity contribution is 0.00949. The summed E-state index contributed by atoms with van der Waals surface area (Å²) in [6, 6.07) is 6.11. The number of nitrogens with one attached hydrogen (secondary N) is 1. The molecule has 1 aromatic carbocycles. The van der Waals surface area contributed by atoms with Gasteiger partial charge in [0.05, 0.1) is 19.3 Å². The Balaban J connectivity index is 1.23. The molecule has 2 heterocycles. The number of ether oxygens (including phenoxy) is 1. The largest absolute Gasteiger partial charge is 0.447 e. The maximum absolute atomic E-state index is 12.6. The van der Waals surface area contributed by atoms with Crippen LogP contribution in [0.5, 0.6) is 0 Å². The van der Waals surface area contributed by atoms with Crippen LogP contribution in [0.3, 0.4) is 0 Å². The molecule has 1 amide bonds. The van der Waals surface area contributed by atoms with Crippen LogP contribution in [0.4, 0.5) is 5.69 Å². The Morgan fingerprint density at radius 1 is 1.23 bits per heavy atom. The predicted octanol–water partition coefficient (Wildman–Crippen LogP) is 1.93. The lowest BCUT2D eigenvalue weighted by Gasteiger charge is -2.34. The standard InChI is InChI=1S/C23H32N4O4/c1-2-30-15-20(28)13-26-8-10-27(11-9-26)14-22-25-21(16-31-22)23(29)24-19-7-6-17-4-3-5-18(17)12-19/h6-7,12,16,20,28H,2-5,8-11,13-15H2,1H3,(H,24,29). The molecule has 1 aliphatic carbocycles. The zero-order valence-electron chi connectivity index (χ0n) is 18.2. The maximum Gasteiger partial charge on any atom is 0.277 e. The molecule has 1 fully saturated rings. The van der Waals surface area contributed by atoms with Crippen LogP contribution in [0.1, 0.15) is 40.9 Å². The van der Waals surface area contributed by atoms with Crippen molar-refractivity contribution in [1.82, 2.24) is 14.8 Å².